The zero-order valence-corrected chi connectivity index (χ0v) is 12.1. The van der Waals surface area contributed by atoms with E-state index in [1.807, 2.05) is 12.1 Å². The van der Waals surface area contributed by atoms with Crippen LogP contribution in [0.25, 0.3) is 6.08 Å². The number of fused-ring (bicyclic) bond motifs is 3. The number of piperidine rings is 3. The van der Waals surface area contributed by atoms with Crippen LogP contribution in [0.4, 0.5) is 5.69 Å². The lowest BCUT2D eigenvalue weighted by Crippen LogP contribution is -2.46. The van der Waals surface area contributed by atoms with Gasteiger partial charge < -0.3 is 10.1 Å². The second kappa shape index (κ2) is 6.13. The third-order valence-corrected chi connectivity index (χ3v) is 3.98. The number of nitrogens with zero attached hydrogens (tertiary/aromatic N) is 3. The van der Waals surface area contributed by atoms with Crippen molar-refractivity contribution in [1.82, 2.24) is 4.90 Å². The number of nitro benzene ring substituents is 1. The maximum atomic E-state index is 10.8. The fourth-order valence-electron chi connectivity index (χ4n) is 2.95. The Morgan fingerprint density at radius 1 is 1.38 bits per heavy atom. The Bertz CT molecular complexity index is 607. The molecule has 3 aliphatic heterocycles. The lowest BCUT2D eigenvalue weighted by atomic mass is 9.83. The van der Waals surface area contributed by atoms with Gasteiger partial charge in [0.2, 0.25) is 0 Å². The Hall–Kier alpha value is -2.08. The summed E-state index contributed by atoms with van der Waals surface area (Å²) in [5.41, 5.74) is 2.41. The number of hydrogen-bond acceptors (Lipinski definition) is 5. The molecule has 0 unspecified atom stereocenters. The largest absolute Gasteiger partial charge is 0.411 e. The molecule has 1 N–H and O–H groups in total. The molecule has 1 aromatic carbocycles. The van der Waals surface area contributed by atoms with Crippen molar-refractivity contribution in [2.45, 2.75) is 12.8 Å². The van der Waals surface area contributed by atoms with Gasteiger partial charge in [-0.1, -0.05) is 17.3 Å². The smallest absolute Gasteiger partial charge is 0.270 e. The van der Waals surface area contributed by atoms with E-state index in [9.17, 15) is 15.3 Å². The first-order chi connectivity index (χ1) is 9.69. The molecule has 3 saturated heterocycles. The van der Waals surface area contributed by atoms with Crippen molar-refractivity contribution >= 4 is 29.9 Å². The third kappa shape index (κ3) is 2.85. The van der Waals surface area contributed by atoms with E-state index >= 15 is 0 Å². The zero-order chi connectivity index (χ0) is 14.1. The van der Waals surface area contributed by atoms with Crippen LogP contribution in [-0.2, 0) is 0 Å². The third-order valence-electron chi connectivity index (χ3n) is 3.98. The Morgan fingerprint density at radius 3 is 2.71 bits per heavy atom. The van der Waals surface area contributed by atoms with Gasteiger partial charge >= 0.3 is 0 Å². The highest BCUT2D eigenvalue weighted by molar-refractivity contribution is 6.05. The van der Waals surface area contributed by atoms with Crippen molar-refractivity contribution in [3.05, 3.63) is 45.6 Å². The Morgan fingerprint density at radius 2 is 2.10 bits per heavy atom. The number of halogens is 1. The Kier molecular flexibility index (Phi) is 4.47. The van der Waals surface area contributed by atoms with Crippen LogP contribution in [0, 0.1) is 16.0 Å². The van der Waals surface area contributed by atoms with E-state index in [-0.39, 0.29) is 18.1 Å². The number of benzene rings is 1. The number of nitro groups is 1. The summed E-state index contributed by atoms with van der Waals surface area (Å²) in [5.74, 6) is 0.301. The minimum Gasteiger partial charge on any atom is -0.411 e. The van der Waals surface area contributed by atoms with Crippen LogP contribution in [-0.4, -0.2) is 33.8 Å². The fourth-order valence-corrected chi connectivity index (χ4v) is 2.95. The number of oxime groups is 1. The van der Waals surface area contributed by atoms with Crippen LogP contribution in [0.1, 0.15) is 18.4 Å². The van der Waals surface area contributed by atoms with Crippen molar-refractivity contribution in [1.29, 1.82) is 0 Å². The Balaban J connectivity index is 0.00000161. The van der Waals surface area contributed by atoms with Crippen molar-refractivity contribution in [2.24, 2.45) is 11.1 Å². The first-order valence-corrected chi connectivity index (χ1v) is 6.62. The van der Waals surface area contributed by atoms with Crippen LogP contribution in [0.15, 0.2) is 35.1 Å². The molecule has 0 amide bonds. The Labute approximate surface area is 128 Å². The molecule has 0 radical (unpaired) electrons. The van der Waals surface area contributed by atoms with E-state index in [0.29, 0.717) is 11.6 Å². The van der Waals surface area contributed by atoms with Crippen LogP contribution in [0.2, 0.25) is 0 Å². The highest BCUT2D eigenvalue weighted by atomic mass is 35.5. The van der Waals surface area contributed by atoms with Gasteiger partial charge in [-0.2, -0.15) is 0 Å². The van der Waals surface area contributed by atoms with Crippen LogP contribution in [0.5, 0.6) is 0 Å². The van der Waals surface area contributed by atoms with E-state index in [0.717, 1.165) is 37.2 Å². The SMILES string of the molecule is Cl.O=[N+]([O-])c1cccc(C=C2C(=NO)C3CCN2CC3)c1. The topological polar surface area (TPSA) is 79.0 Å². The van der Waals surface area contributed by atoms with Gasteiger partial charge in [-0.3, -0.25) is 10.1 Å². The van der Waals surface area contributed by atoms with Crippen LogP contribution < -0.4 is 0 Å². The molecular formula is C14H16ClN3O3. The van der Waals surface area contributed by atoms with Crippen molar-refractivity contribution in [2.75, 3.05) is 13.1 Å². The predicted molar refractivity (Wildman–Crippen MR) is 81.8 cm³/mol. The minimum absolute atomic E-state index is 0. The summed E-state index contributed by atoms with van der Waals surface area (Å²) in [5, 5.41) is 23.5. The normalized spacial score (nSPS) is 21.6. The molecule has 0 spiro atoms. The zero-order valence-electron chi connectivity index (χ0n) is 11.3. The van der Waals surface area contributed by atoms with Gasteiger partial charge in [0, 0.05) is 31.1 Å². The molecule has 6 nitrogen and oxygen atoms in total. The summed E-state index contributed by atoms with van der Waals surface area (Å²) in [6.45, 7) is 1.90. The van der Waals surface area contributed by atoms with E-state index in [2.05, 4.69) is 10.1 Å². The fraction of sp³-hybridized carbons (Fsp3) is 0.357. The molecule has 3 fully saturated rings. The lowest BCUT2D eigenvalue weighted by Gasteiger charge is -2.42. The van der Waals surface area contributed by atoms with Gasteiger partial charge in [0.05, 0.1) is 10.6 Å². The number of hydrogen-bond donors (Lipinski definition) is 1. The standard InChI is InChI=1S/C14H15N3O3.ClH/c18-15-14-11-4-6-16(7-5-11)13(14)9-10-2-1-3-12(8-10)17(19)20;/h1-3,8-9,11,18H,4-7H2;1H. The number of rotatable bonds is 2. The summed E-state index contributed by atoms with van der Waals surface area (Å²) in [7, 11) is 0. The van der Waals surface area contributed by atoms with Gasteiger partial charge in [0.1, 0.15) is 5.71 Å². The molecule has 0 aromatic heterocycles. The van der Waals surface area contributed by atoms with Gasteiger partial charge in [-0.25, -0.2) is 0 Å². The molecule has 7 heteroatoms. The molecule has 0 saturated carbocycles. The van der Waals surface area contributed by atoms with E-state index in [1.165, 1.54) is 12.1 Å². The second-order valence-electron chi connectivity index (χ2n) is 5.13. The summed E-state index contributed by atoms with van der Waals surface area (Å²) >= 11 is 0. The average molecular weight is 310 g/mol. The van der Waals surface area contributed by atoms with Crippen molar-refractivity contribution < 1.29 is 10.1 Å². The molecular weight excluding hydrogens is 294 g/mol. The van der Waals surface area contributed by atoms with Crippen molar-refractivity contribution in [3.8, 4) is 0 Å². The van der Waals surface area contributed by atoms with Gasteiger partial charge in [-0.15, -0.1) is 12.4 Å². The molecule has 3 heterocycles. The minimum atomic E-state index is -0.406. The molecule has 0 aliphatic carbocycles. The van der Waals surface area contributed by atoms with Gasteiger partial charge in [0.25, 0.3) is 5.69 Å². The van der Waals surface area contributed by atoms with Gasteiger partial charge in [0.15, 0.2) is 0 Å². The predicted octanol–water partition coefficient (Wildman–Crippen LogP) is 2.91. The number of allylic oxidation sites excluding steroid dienone is 1. The molecule has 2 bridgehead atoms. The quantitative estimate of drug-likeness (QED) is 0.517. The summed E-state index contributed by atoms with van der Waals surface area (Å²) < 4.78 is 0. The number of non-ortho nitro benzene ring substituents is 1. The second-order valence-corrected chi connectivity index (χ2v) is 5.13. The molecule has 21 heavy (non-hydrogen) atoms. The molecule has 3 aliphatic rings. The van der Waals surface area contributed by atoms with Crippen molar-refractivity contribution in [3.63, 3.8) is 0 Å². The van der Waals surface area contributed by atoms with E-state index in [4.69, 9.17) is 0 Å². The molecule has 0 atom stereocenters. The summed E-state index contributed by atoms with van der Waals surface area (Å²) in [4.78, 5) is 12.6. The summed E-state index contributed by atoms with van der Waals surface area (Å²) in [6, 6.07) is 6.48. The monoisotopic (exact) mass is 309 g/mol. The maximum absolute atomic E-state index is 10.8. The molecule has 4 rings (SSSR count). The van der Waals surface area contributed by atoms with Gasteiger partial charge in [-0.05, 0) is 24.5 Å². The molecule has 112 valence electrons. The lowest BCUT2D eigenvalue weighted by molar-refractivity contribution is -0.384. The first-order valence-electron chi connectivity index (χ1n) is 6.62. The van der Waals surface area contributed by atoms with E-state index in [1.54, 1.807) is 6.07 Å². The first kappa shape index (κ1) is 15.3. The molecule has 1 aromatic rings. The summed E-state index contributed by atoms with van der Waals surface area (Å²) in [6.07, 6.45) is 3.88. The average Bonchev–Trinajstić information content (AvgIpc) is 2.48. The van der Waals surface area contributed by atoms with E-state index < -0.39 is 4.92 Å². The highest BCUT2D eigenvalue weighted by Gasteiger charge is 2.35. The highest BCUT2D eigenvalue weighted by Crippen LogP contribution is 2.33. The van der Waals surface area contributed by atoms with Crippen LogP contribution in [0.3, 0.4) is 0 Å². The van der Waals surface area contributed by atoms with Crippen LogP contribution >= 0.6 is 12.4 Å². The maximum Gasteiger partial charge on any atom is 0.270 e.